The third kappa shape index (κ3) is 5.45. The highest BCUT2D eigenvalue weighted by molar-refractivity contribution is 7.89. The fraction of sp³-hybridized carbons (Fsp3) is 0.632. The summed E-state index contributed by atoms with van der Waals surface area (Å²) in [5, 5.41) is 0. The Hall–Kier alpha value is -1.60. The van der Waals surface area contributed by atoms with E-state index in [1.165, 1.54) is 0 Å². The minimum absolute atomic E-state index is 0.0980. The molecule has 0 spiro atoms. The third-order valence-corrected chi connectivity index (χ3v) is 6.21. The van der Waals surface area contributed by atoms with Crippen LogP contribution in [0.2, 0.25) is 0 Å². The van der Waals surface area contributed by atoms with Crippen LogP contribution in [0.25, 0.3) is 0 Å². The van der Waals surface area contributed by atoms with Crippen molar-refractivity contribution >= 4 is 16.1 Å². The fourth-order valence-corrected chi connectivity index (χ4v) is 4.78. The molecule has 0 N–H and O–H groups in total. The van der Waals surface area contributed by atoms with Crippen LogP contribution in [-0.4, -0.2) is 56.0 Å². The van der Waals surface area contributed by atoms with Gasteiger partial charge in [0.25, 0.3) is 0 Å². The van der Waals surface area contributed by atoms with E-state index in [2.05, 4.69) is 0 Å². The van der Waals surface area contributed by atoms with Gasteiger partial charge in [0.15, 0.2) is 0 Å². The average molecular weight is 383 g/mol. The predicted molar refractivity (Wildman–Crippen MR) is 102 cm³/mol. The second-order valence-electron chi connectivity index (χ2n) is 8.05. The van der Waals surface area contributed by atoms with E-state index in [0.717, 1.165) is 18.4 Å². The number of aryl methyl sites for hydroxylation is 1. The van der Waals surface area contributed by atoms with Gasteiger partial charge in [-0.15, -0.1) is 0 Å². The summed E-state index contributed by atoms with van der Waals surface area (Å²) in [5.74, 6) is 0.0980. The van der Waals surface area contributed by atoms with Gasteiger partial charge in [-0.2, -0.15) is 4.31 Å². The first-order chi connectivity index (χ1) is 12.0. The number of carbonyl (C=O) groups excluding carboxylic acids is 1. The van der Waals surface area contributed by atoms with Crippen LogP contribution in [0.3, 0.4) is 0 Å². The number of benzene rings is 1. The Labute approximate surface area is 157 Å². The van der Waals surface area contributed by atoms with Gasteiger partial charge in [0, 0.05) is 26.7 Å². The molecule has 0 radical (unpaired) electrons. The number of sulfonamides is 1. The SMILES string of the molecule is Cc1cccc(S(=O)(=O)N2CCCC(CN(C)C(=O)OC(C)(C)C)C2)c1. The van der Waals surface area contributed by atoms with Crippen molar-refractivity contribution in [1.29, 1.82) is 0 Å². The van der Waals surface area contributed by atoms with E-state index in [9.17, 15) is 13.2 Å². The molecule has 1 amide bonds. The summed E-state index contributed by atoms with van der Waals surface area (Å²) in [6.07, 6.45) is 1.31. The molecule has 1 fully saturated rings. The van der Waals surface area contributed by atoms with Crippen LogP contribution in [-0.2, 0) is 14.8 Å². The second kappa shape index (κ2) is 7.96. The molecule has 1 aliphatic rings. The summed E-state index contributed by atoms with van der Waals surface area (Å²) in [6.45, 7) is 8.79. The van der Waals surface area contributed by atoms with Gasteiger partial charge in [-0.3, -0.25) is 0 Å². The molecule has 146 valence electrons. The summed E-state index contributed by atoms with van der Waals surface area (Å²) < 4.78 is 32.7. The zero-order chi connectivity index (χ0) is 19.5. The van der Waals surface area contributed by atoms with Gasteiger partial charge in [0.05, 0.1) is 4.90 Å². The highest BCUT2D eigenvalue weighted by atomic mass is 32.2. The Morgan fingerprint density at radius 2 is 2.04 bits per heavy atom. The number of amides is 1. The van der Waals surface area contributed by atoms with E-state index in [1.807, 2.05) is 33.8 Å². The number of carbonyl (C=O) groups is 1. The van der Waals surface area contributed by atoms with E-state index >= 15 is 0 Å². The van der Waals surface area contributed by atoms with Gasteiger partial charge >= 0.3 is 6.09 Å². The molecule has 1 heterocycles. The largest absolute Gasteiger partial charge is 0.444 e. The van der Waals surface area contributed by atoms with E-state index < -0.39 is 15.6 Å². The van der Waals surface area contributed by atoms with Gasteiger partial charge in [-0.25, -0.2) is 13.2 Å². The molecule has 1 unspecified atom stereocenters. The van der Waals surface area contributed by atoms with Crippen molar-refractivity contribution in [1.82, 2.24) is 9.21 Å². The Morgan fingerprint density at radius 3 is 2.65 bits per heavy atom. The lowest BCUT2D eigenvalue weighted by molar-refractivity contribution is 0.0258. The summed E-state index contributed by atoms with van der Waals surface area (Å²) >= 11 is 0. The van der Waals surface area contributed by atoms with Crippen LogP contribution >= 0.6 is 0 Å². The average Bonchev–Trinajstić information content (AvgIpc) is 2.53. The second-order valence-corrected chi connectivity index (χ2v) is 9.99. The summed E-state index contributed by atoms with van der Waals surface area (Å²) in [5.41, 5.74) is 0.377. The molecule has 7 heteroatoms. The Morgan fingerprint density at radius 1 is 1.35 bits per heavy atom. The van der Waals surface area contributed by atoms with Crippen molar-refractivity contribution in [3.8, 4) is 0 Å². The number of nitrogens with zero attached hydrogens (tertiary/aromatic N) is 2. The summed E-state index contributed by atoms with van der Waals surface area (Å²) in [6, 6.07) is 6.98. The molecule has 0 saturated carbocycles. The highest BCUT2D eigenvalue weighted by Crippen LogP contribution is 2.25. The van der Waals surface area contributed by atoms with Crippen molar-refractivity contribution in [3.05, 3.63) is 29.8 Å². The molecule has 1 aliphatic heterocycles. The summed E-state index contributed by atoms with van der Waals surface area (Å²) in [4.78, 5) is 14.0. The number of rotatable bonds is 4. The number of hydrogen-bond donors (Lipinski definition) is 0. The van der Waals surface area contributed by atoms with Crippen LogP contribution in [0.1, 0.15) is 39.2 Å². The Bertz CT molecular complexity index is 740. The molecule has 0 aliphatic carbocycles. The standard InChI is InChI=1S/C19H30N2O4S/c1-15-8-6-10-17(12-15)26(23,24)21-11-7-9-16(14-21)13-20(5)18(22)25-19(2,3)4/h6,8,10,12,16H,7,9,11,13-14H2,1-5H3. The minimum atomic E-state index is -3.50. The van der Waals surface area contributed by atoms with Crippen molar-refractivity contribution < 1.29 is 17.9 Å². The van der Waals surface area contributed by atoms with Gasteiger partial charge < -0.3 is 9.64 Å². The quantitative estimate of drug-likeness (QED) is 0.802. The van der Waals surface area contributed by atoms with Crippen LogP contribution in [0.5, 0.6) is 0 Å². The van der Waals surface area contributed by atoms with E-state index in [-0.39, 0.29) is 12.0 Å². The fourth-order valence-electron chi connectivity index (χ4n) is 3.12. The molecule has 1 atom stereocenters. The normalized spacial score (nSPS) is 19.2. The molecular formula is C19H30N2O4S. The van der Waals surface area contributed by atoms with Crippen LogP contribution < -0.4 is 0 Å². The lowest BCUT2D eigenvalue weighted by Gasteiger charge is -2.34. The van der Waals surface area contributed by atoms with Crippen molar-refractivity contribution in [3.63, 3.8) is 0 Å². The first-order valence-electron chi connectivity index (χ1n) is 9.00. The van der Waals surface area contributed by atoms with Gasteiger partial charge in [-0.05, 0) is 64.2 Å². The molecule has 0 aromatic heterocycles. The maximum absolute atomic E-state index is 12.9. The molecule has 26 heavy (non-hydrogen) atoms. The minimum Gasteiger partial charge on any atom is -0.444 e. The molecule has 2 rings (SSSR count). The van der Waals surface area contributed by atoms with E-state index in [1.54, 1.807) is 34.5 Å². The third-order valence-electron chi connectivity index (χ3n) is 4.35. The molecule has 0 bridgehead atoms. The van der Waals surface area contributed by atoms with Crippen LogP contribution in [0.4, 0.5) is 4.79 Å². The molecule has 1 aromatic rings. The van der Waals surface area contributed by atoms with Gasteiger partial charge in [0.2, 0.25) is 10.0 Å². The lowest BCUT2D eigenvalue weighted by atomic mass is 9.99. The number of piperidine rings is 1. The van der Waals surface area contributed by atoms with Gasteiger partial charge in [-0.1, -0.05) is 12.1 Å². The smallest absolute Gasteiger partial charge is 0.410 e. The van der Waals surface area contributed by atoms with Crippen LogP contribution in [0, 0.1) is 12.8 Å². The zero-order valence-electron chi connectivity index (χ0n) is 16.4. The lowest BCUT2D eigenvalue weighted by Crippen LogP contribution is -2.44. The first-order valence-corrected chi connectivity index (χ1v) is 10.4. The monoisotopic (exact) mass is 382 g/mol. The maximum atomic E-state index is 12.9. The summed E-state index contributed by atoms with van der Waals surface area (Å²) in [7, 11) is -1.81. The highest BCUT2D eigenvalue weighted by Gasteiger charge is 2.31. The predicted octanol–water partition coefficient (Wildman–Crippen LogP) is 3.26. The number of hydrogen-bond acceptors (Lipinski definition) is 4. The molecule has 6 nitrogen and oxygen atoms in total. The Balaban J connectivity index is 2.03. The topological polar surface area (TPSA) is 66.9 Å². The van der Waals surface area contributed by atoms with Crippen molar-refractivity contribution in [2.75, 3.05) is 26.7 Å². The molecular weight excluding hydrogens is 352 g/mol. The number of ether oxygens (including phenoxy) is 1. The Kier molecular flexibility index (Phi) is 6.34. The zero-order valence-corrected chi connectivity index (χ0v) is 17.2. The molecule has 1 aromatic carbocycles. The molecule has 1 saturated heterocycles. The van der Waals surface area contributed by atoms with E-state index in [4.69, 9.17) is 4.74 Å². The van der Waals surface area contributed by atoms with E-state index in [0.29, 0.717) is 24.5 Å². The van der Waals surface area contributed by atoms with Gasteiger partial charge in [0.1, 0.15) is 5.60 Å². The van der Waals surface area contributed by atoms with Crippen molar-refractivity contribution in [2.45, 2.75) is 51.0 Å². The van der Waals surface area contributed by atoms with Crippen molar-refractivity contribution in [2.24, 2.45) is 5.92 Å². The van der Waals surface area contributed by atoms with Crippen LogP contribution in [0.15, 0.2) is 29.2 Å². The maximum Gasteiger partial charge on any atom is 0.410 e. The first kappa shape index (κ1) is 20.7.